The maximum atomic E-state index is 12.1. The van der Waals surface area contributed by atoms with Gasteiger partial charge in [-0.2, -0.15) is 0 Å². The molecule has 5 heteroatoms. The third kappa shape index (κ3) is 5.92. The predicted molar refractivity (Wildman–Crippen MR) is 138 cm³/mol. The Labute approximate surface area is 206 Å². The van der Waals surface area contributed by atoms with Crippen molar-refractivity contribution in [2.45, 2.75) is 46.8 Å². The zero-order chi connectivity index (χ0) is 24.8. The molecule has 1 heterocycles. The summed E-state index contributed by atoms with van der Waals surface area (Å²) in [4.78, 5) is 12.1. The topological polar surface area (TPSA) is 57.9 Å². The smallest absolute Gasteiger partial charge is 0.310 e. The molecule has 5 nitrogen and oxygen atoms in total. The van der Waals surface area contributed by atoms with Crippen LogP contribution in [-0.2, 0) is 40.3 Å². The van der Waals surface area contributed by atoms with Crippen LogP contribution in [0.4, 0.5) is 0 Å². The third-order valence-electron chi connectivity index (χ3n) is 5.92. The number of methoxy groups -OCH3 is 1. The van der Waals surface area contributed by atoms with Crippen LogP contribution in [-0.4, -0.2) is 19.7 Å². The van der Waals surface area contributed by atoms with Crippen molar-refractivity contribution in [2.75, 3.05) is 13.7 Å². The number of furan rings is 1. The van der Waals surface area contributed by atoms with E-state index in [4.69, 9.17) is 18.6 Å². The summed E-state index contributed by atoms with van der Waals surface area (Å²) < 4.78 is 22.9. The van der Waals surface area contributed by atoms with Gasteiger partial charge in [0, 0.05) is 23.6 Å². The van der Waals surface area contributed by atoms with Gasteiger partial charge >= 0.3 is 5.97 Å². The Morgan fingerprint density at radius 3 is 2.57 bits per heavy atom. The van der Waals surface area contributed by atoms with Gasteiger partial charge in [-0.3, -0.25) is 4.79 Å². The fraction of sp³-hybridized carbons (Fsp3) is 0.300. The van der Waals surface area contributed by atoms with Crippen molar-refractivity contribution >= 4 is 16.9 Å². The average Bonchev–Trinajstić information content (AvgIpc) is 3.26. The predicted octanol–water partition coefficient (Wildman–Crippen LogP) is 6.80. The lowest BCUT2D eigenvalue weighted by Gasteiger charge is -2.14. The van der Waals surface area contributed by atoms with Gasteiger partial charge in [0.1, 0.15) is 30.3 Å². The Morgan fingerprint density at radius 1 is 0.943 bits per heavy atom. The molecule has 0 aliphatic carbocycles. The van der Waals surface area contributed by atoms with E-state index in [9.17, 15) is 4.79 Å². The normalized spacial score (nSPS) is 11.1. The molecule has 35 heavy (non-hydrogen) atoms. The number of ether oxygens (including phenoxy) is 3. The summed E-state index contributed by atoms with van der Waals surface area (Å²) in [5, 5.41) is 1.01. The minimum Gasteiger partial charge on any atom is -0.489 e. The monoisotopic (exact) mass is 472 g/mol. The summed E-state index contributed by atoms with van der Waals surface area (Å²) in [6.45, 7) is 7.10. The number of carbonyl (C=O) groups is 1. The van der Waals surface area contributed by atoms with E-state index in [1.165, 1.54) is 5.56 Å². The minimum absolute atomic E-state index is 0.180. The highest BCUT2D eigenvalue weighted by Crippen LogP contribution is 2.34. The number of rotatable bonds is 10. The van der Waals surface area contributed by atoms with Crippen LogP contribution in [0.15, 0.2) is 65.1 Å². The highest BCUT2D eigenvalue weighted by atomic mass is 16.5. The molecule has 0 saturated carbocycles. The van der Waals surface area contributed by atoms with Crippen LogP contribution in [0.25, 0.3) is 22.1 Å². The van der Waals surface area contributed by atoms with Crippen LogP contribution in [0.1, 0.15) is 41.9 Å². The van der Waals surface area contributed by atoms with Crippen molar-refractivity contribution in [1.82, 2.24) is 0 Å². The number of hydrogen-bond donors (Lipinski definition) is 0. The first kappa shape index (κ1) is 24.6. The van der Waals surface area contributed by atoms with Crippen LogP contribution < -0.4 is 4.74 Å². The van der Waals surface area contributed by atoms with Crippen LogP contribution in [0.5, 0.6) is 5.75 Å². The third-order valence-corrected chi connectivity index (χ3v) is 5.92. The minimum atomic E-state index is -0.259. The first-order chi connectivity index (χ1) is 17.0. The molecule has 0 amide bonds. The molecule has 0 radical (unpaired) electrons. The number of carbonyl (C=O) groups excluding carboxylic acids is 1. The lowest BCUT2D eigenvalue weighted by molar-refractivity contribution is -0.142. The number of aryl methyl sites for hydroxylation is 2. The standard InChI is InChI=1S/C30H32O5/c1-5-21-8-7-9-23(13-21)27-15-22(14-25-16-26(19-32-4)35-30(25)27)18-34-28-12-20(3)10-11-24(28)17-29(31)33-6-2/h7-16H,5-6,17-19H2,1-4H3. The fourth-order valence-corrected chi connectivity index (χ4v) is 4.21. The fourth-order valence-electron chi connectivity index (χ4n) is 4.21. The molecular formula is C30H32O5. The molecule has 0 spiro atoms. The van der Waals surface area contributed by atoms with Crippen molar-refractivity contribution in [3.63, 3.8) is 0 Å². The Kier molecular flexibility index (Phi) is 7.88. The Morgan fingerprint density at radius 2 is 1.80 bits per heavy atom. The van der Waals surface area contributed by atoms with Crippen LogP contribution in [0, 0.1) is 6.92 Å². The van der Waals surface area contributed by atoms with Crippen molar-refractivity contribution in [3.8, 4) is 16.9 Å². The Balaban J connectivity index is 1.69. The van der Waals surface area contributed by atoms with Gasteiger partial charge in [0.25, 0.3) is 0 Å². The lowest BCUT2D eigenvalue weighted by Crippen LogP contribution is -2.09. The molecule has 4 aromatic rings. The van der Waals surface area contributed by atoms with Gasteiger partial charge in [-0.25, -0.2) is 0 Å². The second-order valence-electron chi connectivity index (χ2n) is 8.64. The van der Waals surface area contributed by atoms with Crippen LogP contribution >= 0.6 is 0 Å². The van der Waals surface area contributed by atoms with E-state index >= 15 is 0 Å². The number of esters is 1. The van der Waals surface area contributed by atoms with Crippen molar-refractivity contribution in [3.05, 3.63) is 88.7 Å². The van der Waals surface area contributed by atoms with Gasteiger partial charge < -0.3 is 18.6 Å². The first-order valence-corrected chi connectivity index (χ1v) is 12.0. The van der Waals surface area contributed by atoms with Crippen molar-refractivity contribution < 1.29 is 23.4 Å². The summed E-state index contributed by atoms with van der Waals surface area (Å²) in [7, 11) is 1.66. The Bertz CT molecular complexity index is 1320. The van der Waals surface area contributed by atoms with Gasteiger partial charge in [0.2, 0.25) is 0 Å². The molecule has 1 aromatic heterocycles. The zero-order valence-corrected chi connectivity index (χ0v) is 20.9. The van der Waals surface area contributed by atoms with Gasteiger partial charge in [-0.1, -0.05) is 43.3 Å². The van der Waals surface area contributed by atoms with Crippen LogP contribution in [0.3, 0.4) is 0 Å². The number of benzene rings is 3. The summed E-state index contributed by atoms with van der Waals surface area (Å²) in [6.07, 6.45) is 1.14. The van der Waals surface area contributed by atoms with E-state index in [1.807, 2.05) is 38.1 Å². The molecule has 0 unspecified atom stereocenters. The number of fused-ring (bicyclic) bond motifs is 1. The van der Waals surface area contributed by atoms with Gasteiger partial charge in [-0.15, -0.1) is 0 Å². The molecule has 3 aromatic carbocycles. The molecule has 0 bridgehead atoms. The van der Waals surface area contributed by atoms with Crippen molar-refractivity contribution in [1.29, 1.82) is 0 Å². The van der Waals surface area contributed by atoms with E-state index in [1.54, 1.807) is 7.11 Å². The zero-order valence-electron chi connectivity index (χ0n) is 20.9. The first-order valence-electron chi connectivity index (χ1n) is 12.0. The van der Waals surface area contributed by atoms with Crippen molar-refractivity contribution in [2.24, 2.45) is 0 Å². The van der Waals surface area contributed by atoms with Gasteiger partial charge in [-0.05, 0) is 66.8 Å². The molecule has 0 atom stereocenters. The SMILES string of the molecule is CCOC(=O)Cc1ccc(C)cc1OCc1cc(-c2cccc(CC)c2)c2oc(COC)cc2c1. The summed E-state index contributed by atoms with van der Waals surface area (Å²) in [6, 6.07) is 20.6. The van der Waals surface area contributed by atoms with E-state index in [2.05, 4.69) is 43.3 Å². The lowest BCUT2D eigenvalue weighted by atomic mass is 9.98. The second kappa shape index (κ2) is 11.2. The second-order valence-corrected chi connectivity index (χ2v) is 8.64. The molecule has 0 aliphatic rings. The maximum Gasteiger partial charge on any atom is 0.310 e. The average molecular weight is 473 g/mol. The largest absolute Gasteiger partial charge is 0.489 e. The quantitative estimate of drug-likeness (QED) is 0.238. The Hall–Kier alpha value is -3.57. The van der Waals surface area contributed by atoms with Gasteiger partial charge in [0.05, 0.1) is 13.0 Å². The molecule has 0 N–H and O–H groups in total. The molecule has 4 rings (SSSR count). The van der Waals surface area contributed by atoms with E-state index in [0.717, 1.165) is 51.0 Å². The number of hydrogen-bond acceptors (Lipinski definition) is 5. The summed E-state index contributed by atoms with van der Waals surface area (Å²) >= 11 is 0. The maximum absolute atomic E-state index is 12.1. The summed E-state index contributed by atoms with van der Waals surface area (Å²) in [5.74, 6) is 1.22. The van der Waals surface area contributed by atoms with Crippen LogP contribution in [0.2, 0.25) is 0 Å². The summed E-state index contributed by atoms with van der Waals surface area (Å²) in [5.41, 5.74) is 7.14. The molecular weight excluding hydrogens is 440 g/mol. The molecule has 0 saturated heterocycles. The highest BCUT2D eigenvalue weighted by molar-refractivity contribution is 5.93. The molecule has 0 aliphatic heterocycles. The van der Waals surface area contributed by atoms with E-state index in [-0.39, 0.29) is 12.4 Å². The van der Waals surface area contributed by atoms with E-state index < -0.39 is 0 Å². The van der Waals surface area contributed by atoms with E-state index in [0.29, 0.717) is 25.6 Å². The molecule has 0 fully saturated rings. The van der Waals surface area contributed by atoms with Gasteiger partial charge in [0.15, 0.2) is 0 Å². The highest BCUT2D eigenvalue weighted by Gasteiger charge is 2.15. The molecule has 182 valence electrons.